The number of nitrogens with zero attached hydrogens (tertiary/aromatic N) is 3. The molecule has 0 spiro atoms. The largest absolute Gasteiger partial charge is 0.342 e. The fourth-order valence-electron chi connectivity index (χ4n) is 4.56. The summed E-state index contributed by atoms with van der Waals surface area (Å²) in [4.78, 5) is 19.5. The number of thioether (sulfide) groups is 1. The molecule has 0 saturated carbocycles. The van der Waals surface area contributed by atoms with Gasteiger partial charge in [0.15, 0.2) is 5.16 Å². The number of benzene rings is 1. The van der Waals surface area contributed by atoms with E-state index in [1.807, 2.05) is 35.4 Å². The van der Waals surface area contributed by atoms with Crippen LogP contribution < -0.4 is 0 Å². The van der Waals surface area contributed by atoms with Gasteiger partial charge in [-0.1, -0.05) is 54.1 Å². The third-order valence-corrected chi connectivity index (χ3v) is 7.56. The maximum absolute atomic E-state index is 12.8. The molecule has 2 aliphatic rings. The van der Waals surface area contributed by atoms with Gasteiger partial charge < -0.3 is 9.47 Å². The van der Waals surface area contributed by atoms with Crippen LogP contribution in [0.3, 0.4) is 0 Å². The zero-order valence-corrected chi connectivity index (χ0v) is 19.9. The molecule has 31 heavy (non-hydrogen) atoms. The normalized spacial score (nSPS) is 19.4. The van der Waals surface area contributed by atoms with Crippen LogP contribution in [-0.2, 0) is 11.3 Å². The highest BCUT2D eigenvalue weighted by Crippen LogP contribution is 2.30. The quantitative estimate of drug-likeness (QED) is 0.354. The number of amides is 1. The molecular formula is C25H32ClN3OS. The fourth-order valence-corrected chi connectivity index (χ4v) is 5.60. The number of halogens is 1. The van der Waals surface area contributed by atoms with Gasteiger partial charge >= 0.3 is 0 Å². The molecule has 4 rings (SSSR count). The van der Waals surface area contributed by atoms with Gasteiger partial charge in [0.1, 0.15) is 0 Å². The van der Waals surface area contributed by atoms with Gasteiger partial charge in [-0.15, -0.1) is 0 Å². The molecule has 1 aromatic carbocycles. The Kier molecular flexibility index (Phi) is 7.78. The van der Waals surface area contributed by atoms with Crippen LogP contribution in [0.25, 0.3) is 11.3 Å². The number of allylic oxidation sites excluding steroid dienone is 2. The van der Waals surface area contributed by atoms with Crippen molar-refractivity contribution >= 4 is 29.3 Å². The number of likely N-dealkylation sites (tertiary alicyclic amines) is 1. The topological polar surface area (TPSA) is 38.1 Å². The Morgan fingerprint density at radius 1 is 1.23 bits per heavy atom. The molecule has 0 bridgehead atoms. The molecule has 166 valence electrons. The Morgan fingerprint density at radius 2 is 2.06 bits per heavy atom. The van der Waals surface area contributed by atoms with Crippen LogP contribution in [0.5, 0.6) is 0 Å². The molecule has 1 atom stereocenters. The number of rotatable bonds is 7. The van der Waals surface area contributed by atoms with Gasteiger partial charge in [-0.05, 0) is 68.6 Å². The smallest absolute Gasteiger partial charge is 0.233 e. The van der Waals surface area contributed by atoms with E-state index >= 15 is 0 Å². The SMILES string of the molecule is C[C@@H]1CCCN(C(=O)CSc2ncc(-c3ccc(Cl)cc3)n2CCC2=CCCCC2)C1. The molecular weight excluding hydrogens is 426 g/mol. The first kappa shape index (κ1) is 22.5. The maximum Gasteiger partial charge on any atom is 0.233 e. The molecule has 1 aliphatic carbocycles. The second-order valence-corrected chi connectivity index (χ2v) is 10.2. The van der Waals surface area contributed by atoms with Crippen LogP contribution in [0, 0.1) is 5.92 Å². The van der Waals surface area contributed by atoms with Gasteiger partial charge in [-0.3, -0.25) is 4.79 Å². The number of hydrogen-bond acceptors (Lipinski definition) is 3. The molecule has 1 saturated heterocycles. The molecule has 2 aromatic rings. The molecule has 4 nitrogen and oxygen atoms in total. The first-order valence-corrected chi connectivity index (χ1v) is 12.9. The van der Waals surface area contributed by atoms with E-state index in [4.69, 9.17) is 16.6 Å². The van der Waals surface area contributed by atoms with E-state index in [1.165, 1.54) is 32.1 Å². The lowest BCUT2D eigenvalue weighted by atomic mass is 9.97. The summed E-state index contributed by atoms with van der Waals surface area (Å²) in [6, 6.07) is 7.94. The Morgan fingerprint density at radius 3 is 2.81 bits per heavy atom. The zero-order valence-electron chi connectivity index (χ0n) is 18.4. The van der Waals surface area contributed by atoms with Crippen LogP contribution >= 0.6 is 23.4 Å². The number of aromatic nitrogens is 2. The van der Waals surface area contributed by atoms with Crippen LogP contribution in [0.4, 0.5) is 0 Å². The Bertz CT molecular complexity index is 921. The van der Waals surface area contributed by atoms with Gasteiger partial charge in [0.25, 0.3) is 0 Å². The van der Waals surface area contributed by atoms with E-state index < -0.39 is 0 Å². The number of imidazole rings is 1. The van der Waals surface area contributed by atoms with Crippen molar-refractivity contribution in [2.45, 2.75) is 63.6 Å². The predicted octanol–water partition coefficient (Wildman–Crippen LogP) is 6.44. The Labute approximate surface area is 195 Å². The van der Waals surface area contributed by atoms with E-state index in [0.29, 0.717) is 11.7 Å². The highest BCUT2D eigenvalue weighted by atomic mass is 35.5. The zero-order chi connectivity index (χ0) is 21.6. The standard InChI is InChI=1S/C25H32ClN3OS/c1-19-6-5-14-28(17-19)24(30)18-31-25-27-16-23(21-9-11-22(26)12-10-21)29(25)15-13-20-7-3-2-4-8-20/h7,9-12,16,19H,2-6,8,13-15,17-18H2,1H3/t19-/m1/s1. The lowest BCUT2D eigenvalue weighted by Crippen LogP contribution is -2.40. The third-order valence-electron chi connectivity index (χ3n) is 6.33. The first-order chi connectivity index (χ1) is 15.1. The number of piperidine rings is 1. The second kappa shape index (κ2) is 10.7. The first-order valence-electron chi connectivity index (χ1n) is 11.5. The summed E-state index contributed by atoms with van der Waals surface area (Å²) in [5.74, 6) is 1.28. The van der Waals surface area contributed by atoms with Gasteiger partial charge in [0.05, 0.1) is 17.6 Å². The maximum atomic E-state index is 12.8. The van der Waals surface area contributed by atoms with Crippen molar-refractivity contribution in [2.24, 2.45) is 5.92 Å². The molecule has 0 unspecified atom stereocenters. The summed E-state index contributed by atoms with van der Waals surface area (Å²) in [6.45, 7) is 4.90. The monoisotopic (exact) mass is 457 g/mol. The van der Waals surface area contributed by atoms with E-state index in [2.05, 4.69) is 17.6 Å². The minimum Gasteiger partial charge on any atom is -0.342 e. The van der Waals surface area contributed by atoms with E-state index in [9.17, 15) is 4.79 Å². The Balaban J connectivity index is 1.49. The van der Waals surface area contributed by atoms with Crippen molar-refractivity contribution in [1.29, 1.82) is 0 Å². The summed E-state index contributed by atoms with van der Waals surface area (Å²) >= 11 is 7.67. The molecule has 2 heterocycles. The van der Waals surface area contributed by atoms with Gasteiger partial charge in [-0.25, -0.2) is 4.98 Å². The number of carbonyl (C=O) groups is 1. The molecule has 1 amide bonds. The molecule has 1 aromatic heterocycles. The lowest BCUT2D eigenvalue weighted by molar-refractivity contribution is -0.130. The van der Waals surface area contributed by atoms with Crippen LogP contribution in [0.2, 0.25) is 5.02 Å². The van der Waals surface area contributed by atoms with E-state index in [-0.39, 0.29) is 5.91 Å². The predicted molar refractivity (Wildman–Crippen MR) is 130 cm³/mol. The summed E-state index contributed by atoms with van der Waals surface area (Å²) in [6.07, 6.45) is 12.7. The van der Waals surface area contributed by atoms with Crippen molar-refractivity contribution in [3.8, 4) is 11.3 Å². The van der Waals surface area contributed by atoms with Crippen LogP contribution in [0.15, 0.2) is 47.3 Å². The van der Waals surface area contributed by atoms with Crippen molar-refractivity contribution in [3.63, 3.8) is 0 Å². The average Bonchev–Trinajstić information content (AvgIpc) is 3.20. The van der Waals surface area contributed by atoms with Gasteiger partial charge in [0.2, 0.25) is 5.91 Å². The van der Waals surface area contributed by atoms with Crippen molar-refractivity contribution < 1.29 is 4.79 Å². The average molecular weight is 458 g/mol. The van der Waals surface area contributed by atoms with Crippen LogP contribution in [-0.4, -0.2) is 39.2 Å². The Hall–Kier alpha value is -1.72. The summed E-state index contributed by atoms with van der Waals surface area (Å²) in [7, 11) is 0. The van der Waals surface area contributed by atoms with Crippen LogP contribution in [0.1, 0.15) is 51.9 Å². The lowest BCUT2D eigenvalue weighted by Gasteiger charge is -2.30. The van der Waals surface area contributed by atoms with E-state index in [0.717, 1.165) is 53.9 Å². The van der Waals surface area contributed by atoms with E-state index in [1.54, 1.807) is 17.3 Å². The van der Waals surface area contributed by atoms with Crippen molar-refractivity contribution in [1.82, 2.24) is 14.5 Å². The molecule has 0 radical (unpaired) electrons. The number of hydrogen-bond donors (Lipinski definition) is 0. The third kappa shape index (κ3) is 5.95. The molecule has 0 N–H and O–H groups in total. The summed E-state index contributed by atoms with van der Waals surface area (Å²) in [5, 5.41) is 1.66. The minimum atomic E-state index is 0.231. The van der Waals surface area contributed by atoms with Crippen molar-refractivity contribution in [2.75, 3.05) is 18.8 Å². The summed E-state index contributed by atoms with van der Waals surface area (Å²) in [5.41, 5.74) is 3.75. The minimum absolute atomic E-state index is 0.231. The molecule has 1 fully saturated rings. The summed E-state index contributed by atoms with van der Waals surface area (Å²) < 4.78 is 2.29. The van der Waals surface area contributed by atoms with Gasteiger partial charge in [-0.2, -0.15) is 0 Å². The van der Waals surface area contributed by atoms with Crippen molar-refractivity contribution in [3.05, 3.63) is 47.1 Å². The van der Waals surface area contributed by atoms with Gasteiger partial charge in [0, 0.05) is 24.7 Å². The molecule has 1 aliphatic heterocycles. The highest BCUT2D eigenvalue weighted by molar-refractivity contribution is 7.99. The second-order valence-electron chi connectivity index (χ2n) is 8.82. The molecule has 6 heteroatoms. The number of carbonyl (C=O) groups excluding carboxylic acids is 1. The highest BCUT2D eigenvalue weighted by Gasteiger charge is 2.22. The fraction of sp³-hybridized carbons (Fsp3) is 0.520.